The number of amides is 1. The molecule has 0 heterocycles. The molecule has 1 amide bonds. The Labute approximate surface area is 106 Å². The number of halogens is 1. The number of hydrogen-bond acceptors (Lipinski definition) is 3. The summed E-state index contributed by atoms with van der Waals surface area (Å²) in [5, 5.41) is 3.83. The van der Waals surface area contributed by atoms with E-state index in [1.807, 2.05) is 0 Å². The fourth-order valence-corrected chi connectivity index (χ4v) is 1.44. The maximum atomic E-state index is 11.2. The van der Waals surface area contributed by atoms with E-state index in [2.05, 4.69) is 28.2 Å². The largest absolute Gasteiger partial charge is 0.382 e. The van der Waals surface area contributed by atoms with Crippen LogP contribution in [0.2, 0.25) is 0 Å². The predicted octanol–water partition coefficient (Wildman–Crippen LogP) is 1.58. The van der Waals surface area contributed by atoms with Crippen molar-refractivity contribution in [2.24, 2.45) is 5.92 Å². The Kier molecular flexibility index (Phi) is 11.3. The first kappa shape index (κ1) is 15.9. The van der Waals surface area contributed by atoms with Crippen molar-refractivity contribution in [1.29, 1.82) is 0 Å². The third kappa shape index (κ3) is 10.4. The van der Waals surface area contributed by atoms with E-state index in [0.29, 0.717) is 19.1 Å². The van der Waals surface area contributed by atoms with Gasteiger partial charge in [0.15, 0.2) is 0 Å². The molecule has 96 valence electrons. The number of rotatable bonds is 10. The highest BCUT2D eigenvalue weighted by molar-refractivity contribution is 9.09. The normalized spacial score (nSPS) is 12.4. The molecule has 16 heavy (non-hydrogen) atoms. The Balaban J connectivity index is 3.24. The van der Waals surface area contributed by atoms with E-state index in [0.717, 1.165) is 24.7 Å². The molecule has 4 nitrogen and oxygen atoms in total. The number of carbonyl (C=O) groups is 1. The van der Waals surface area contributed by atoms with Gasteiger partial charge in [-0.15, -0.1) is 0 Å². The van der Waals surface area contributed by atoms with E-state index in [4.69, 9.17) is 9.47 Å². The third-order valence-electron chi connectivity index (χ3n) is 2.12. The highest BCUT2D eigenvalue weighted by Crippen LogP contribution is 2.07. The number of hydrogen-bond donors (Lipinski definition) is 1. The van der Waals surface area contributed by atoms with Crippen molar-refractivity contribution in [1.82, 2.24) is 5.32 Å². The zero-order valence-corrected chi connectivity index (χ0v) is 11.7. The Morgan fingerprint density at radius 1 is 1.44 bits per heavy atom. The van der Waals surface area contributed by atoms with E-state index in [-0.39, 0.29) is 12.5 Å². The number of methoxy groups -OCH3 is 1. The predicted molar refractivity (Wildman–Crippen MR) is 67.9 cm³/mol. The van der Waals surface area contributed by atoms with E-state index in [1.54, 1.807) is 7.11 Å². The zero-order chi connectivity index (χ0) is 12.2. The minimum absolute atomic E-state index is 0.0531. The van der Waals surface area contributed by atoms with Crippen LogP contribution < -0.4 is 5.32 Å². The summed E-state index contributed by atoms with van der Waals surface area (Å²) in [6, 6.07) is 0. The lowest BCUT2D eigenvalue weighted by molar-refractivity contribution is -0.126. The molecule has 1 atom stereocenters. The van der Waals surface area contributed by atoms with E-state index in [1.165, 1.54) is 0 Å². The minimum atomic E-state index is -0.0531. The number of nitrogens with one attached hydrogen (secondary N) is 1. The van der Waals surface area contributed by atoms with Crippen LogP contribution in [0, 0.1) is 5.92 Å². The summed E-state index contributed by atoms with van der Waals surface area (Å²) in [6.45, 7) is 4.02. The summed E-state index contributed by atoms with van der Waals surface area (Å²) in [4.78, 5) is 11.2. The second-order valence-electron chi connectivity index (χ2n) is 3.80. The summed E-state index contributed by atoms with van der Waals surface area (Å²) in [7, 11) is 1.61. The summed E-state index contributed by atoms with van der Waals surface area (Å²) in [5.41, 5.74) is 0. The first-order valence-electron chi connectivity index (χ1n) is 5.60. The summed E-state index contributed by atoms with van der Waals surface area (Å²) in [5.74, 6) is 0.609. The zero-order valence-electron chi connectivity index (χ0n) is 10.1. The van der Waals surface area contributed by atoms with Gasteiger partial charge in [-0.1, -0.05) is 22.9 Å². The Bertz CT molecular complexity index is 179. The van der Waals surface area contributed by atoms with Crippen molar-refractivity contribution >= 4 is 21.8 Å². The van der Waals surface area contributed by atoms with Gasteiger partial charge in [0, 0.05) is 19.0 Å². The first-order valence-corrected chi connectivity index (χ1v) is 6.72. The highest BCUT2D eigenvalue weighted by atomic mass is 79.9. The van der Waals surface area contributed by atoms with Crippen LogP contribution in [0.4, 0.5) is 0 Å². The summed E-state index contributed by atoms with van der Waals surface area (Å²) < 4.78 is 9.89. The molecule has 0 aromatic carbocycles. The molecule has 0 rings (SSSR count). The summed E-state index contributed by atoms with van der Waals surface area (Å²) >= 11 is 3.43. The van der Waals surface area contributed by atoms with Crippen molar-refractivity contribution in [3.8, 4) is 0 Å². The molecule has 0 saturated heterocycles. The van der Waals surface area contributed by atoms with Crippen molar-refractivity contribution < 1.29 is 14.3 Å². The van der Waals surface area contributed by atoms with Gasteiger partial charge in [-0.2, -0.15) is 0 Å². The second kappa shape index (κ2) is 11.4. The SMILES string of the molecule is COCCOCC(=O)NCCCC(C)CBr. The molecule has 0 aliphatic carbocycles. The van der Waals surface area contributed by atoms with Gasteiger partial charge in [-0.05, 0) is 18.8 Å². The maximum Gasteiger partial charge on any atom is 0.245 e. The van der Waals surface area contributed by atoms with Gasteiger partial charge in [0.05, 0.1) is 13.2 Å². The van der Waals surface area contributed by atoms with Gasteiger partial charge in [-0.25, -0.2) is 0 Å². The molecule has 0 aromatic rings. The summed E-state index contributed by atoms with van der Waals surface area (Å²) in [6.07, 6.45) is 2.13. The lowest BCUT2D eigenvalue weighted by Crippen LogP contribution is -2.29. The molecular formula is C11H22BrNO3. The molecule has 1 N–H and O–H groups in total. The Morgan fingerprint density at radius 3 is 2.81 bits per heavy atom. The van der Waals surface area contributed by atoms with Gasteiger partial charge >= 0.3 is 0 Å². The Morgan fingerprint density at radius 2 is 2.19 bits per heavy atom. The molecule has 0 spiro atoms. The van der Waals surface area contributed by atoms with Crippen LogP contribution >= 0.6 is 15.9 Å². The van der Waals surface area contributed by atoms with E-state index in [9.17, 15) is 4.79 Å². The lowest BCUT2D eigenvalue weighted by Gasteiger charge is -2.08. The molecule has 0 aromatic heterocycles. The first-order chi connectivity index (χ1) is 7.70. The molecule has 0 radical (unpaired) electrons. The van der Waals surface area contributed by atoms with Crippen LogP contribution in [0.5, 0.6) is 0 Å². The lowest BCUT2D eigenvalue weighted by atomic mass is 10.1. The fourth-order valence-electron chi connectivity index (χ4n) is 1.11. The molecule has 0 aliphatic rings. The molecule has 1 unspecified atom stereocenters. The molecular weight excluding hydrogens is 274 g/mol. The van der Waals surface area contributed by atoms with Crippen molar-refractivity contribution in [2.45, 2.75) is 19.8 Å². The molecule has 5 heteroatoms. The van der Waals surface area contributed by atoms with Crippen LogP contribution in [0.25, 0.3) is 0 Å². The highest BCUT2D eigenvalue weighted by Gasteiger charge is 2.02. The van der Waals surface area contributed by atoms with Crippen molar-refractivity contribution in [2.75, 3.05) is 38.8 Å². The average Bonchev–Trinajstić information content (AvgIpc) is 2.30. The Hall–Kier alpha value is -0.130. The molecule has 0 saturated carbocycles. The van der Waals surface area contributed by atoms with Gasteiger partial charge in [0.1, 0.15) is 6.61 Å². The van der Waals surface area contributed by atoms with Crippen molar-refractivity contribution in [3.63, 3.8) is 0 Å². The van der Waals surface area contributed by atoms with E-state index < -0.39 is 0 Å². The molecule has 0 aliphatic heterocycles. The van der Waals surface area contributed by atoms with Crippen LogP contribution in [-0.2, 0) is 14.3 Å². The fraction of sp³-hybridized carbons (Fsp3) is 0.909. The van der Waals surface area contributed by atoms with Gasteiger partial charge in [0.25, 0.3) is 0 Å². The standard InChI is InChI=1S/C11H22BrNO3/c1-10(8-12)4-3-5-13-11(14)9-16-7-6-15-2/h10H,3-9H2,1-2H3,(H,13,14). The van der Waals surface area contributed by atoms with Crippen molar-refractivity contribution in [3.05, 3.63) is 0 Å². The number of alkyl halides is 1. The molecule has 0 fully saturated rings. The number of carbonyl (C=O) groups excluding carboxylic acids is 1. The molecule has 0 bridgehead atoms. The van der Waals surface area contributed by atoms with E-state index >= 15 is 0 Å². The van der Waals surface area contributed by atoms with Gasteiger partial charge in [-0.3, -0.25) is 4.79 Å². The quantitative estimate of drug-likeness (QED) is 0.492. The third-order valence-corrected chi connectivity index (χ3v) is 3.23. The monoisotopic (exact) mass is 295 g/mol. The average molecular weight is 296 g/mol. The van der Waals surface area contributed by atoms with Crippen LogP contribution in [-0.4, -0.2) is 44.7 Å². The minimum Gasteiger partial charge on any atom is -0.382 e. The smallest absolute Gasteiger partial charge is 0.245 e. The van der Waals surface area contributed by atoms with Gasteiger partial charge in [0.2, 0.25) is 5.91 Å². The van der Waals surface area contributed by atoms with Crippen LogP contribution in [0.15, 0.2) is 0 Å². The van der Waals surface area contributed by atoms with Crippen LogP contribution in [0.3, 0.4) is 0 Å². The second-order valence-corrected chi connectivity index (χ2v) is 4.44. The topological polar surface area (TPSA) is 47.6 Å². The van der Waals surface area contributed by atoms with Gasteiger partial charge < -0.3 is 14.8 Å². The maximum absolute atomic E-state index is 11.2. The van der Waals surface area contributed by atoms with Crippen LogP contribution in [0.1, 0.15) is 19.8 Å². The number of ether oxygens (including phenoxy) is 2.